The van der Waals surface area contributed by atoms with Gasteiger partial charge in [0.05, 0.1) is 5.52 Å². The van der Waals surface area contributed by atoms with Crippen molar-refractivity contribution in [2.75, 3.05) is 32.7 Å². The molecule has 3 heterocycles. The van der Waals surface area contributed by atoms with E-state index in [-0.39, 0.29) is 5.91 Å². The number of hydrogen-bond donors (Lipinski definition) is 2. The number of carbonyl (C=O) groups is 1. The number of nitrogens with zero attached hydrogens (tertiary/aromatic N) is 3. The average molecular weight is 329 g/mol. The molecule has 24 heavy (non-hydrogen) atoms. The number of amides is 1. The second-order valence-electron chi connectivity index (χ2n) is 6.55. The molecule has 1 saturated heterocycles. The summed E-state index contributed by atoms with van der Waals surface area (Å²) in [4.78, 5) is 18.7. The maximum atomic E-state index is 12.2. The van der Waals surface area contributed by atoms with Crippen LogP contribution < -0.4 is 10.6 Å². The number of carbonyl (C=O) groups excluding carboxylic acids is 1. The zero-order valence-corrected chi connectivity index (χ0v) is 14.6. The smallest absolute Gasteiger partial charge is 0.239 e. The van der Waals surface area contributed by atoms with Crippen LogP contribution in [0.2, 0.25) is 0 Å². The minimum absolute atomic E-state index is 0.0675. The summed E-state index contributed by atoms with van der Waals surface area (Å²) in [7, 11) is 0. The van der Waals surface area contributed by atoms with E-state index in [4.69, 9.17) is 0 Å². The molecule has 130 valence electrons. The molecule has 0 unspecified atom stereocenters. The fourth-order valence-electron chi connectivity index (χ4n) is 3.36. The van der Waals surface area contributed by atoms with Crippen LogP contribution in [-0.4, -0.2) is 59.1 Å². The third-order valence-electron chi connectivity index (χ3n) is 4.62. The van der Waals surface area contributed by atoms with Crippen molar-refractivity contribution < 1.29 is 4.79 Å². The molecule has 1 amide bonds. The summed E-state index contributed by atoms with van der Waals surface area (Å²) >= 11 is 0. The fourth-order valence-corrected chi connectivity index (χ4v) is 3.36. The predicted octanol–water partition coefficient (Wildman–Crippen LogP) is 1.14. The number of likely N-dealkylation sites (N-methyl/N-ethyl adjacent to an activating group) is 1. The number of aromatic nitrogens is 2. The molecule has 6 nitrogen and oxygen atoms in total. The summed E-state index contributed by atoms with van der Waals surface area (Å²) in [5.74, 6) is 0.0675. The maximum Gasteiger partial charge on any atom is 0.239 e. The lowest BCUT2D eigenvalue weighted by Gasteiger charge is -2.39. The molecule has 0 spiro atoms. The number of likely N-dealkylation sites (tertiary alicyclic amines) is 1. The lowest BCUT2D eigenvalue weighted by atomic mass is 10.1. The fraction of sp³-hybridized carbons (Fsp3) is 0.556. The number of nitrogens with one attached hydrogen (secondary N) is 2. The molecule has 3 rings (SSSR count). The molecule has 1 fully saturated rings. The van der Waals surface area contributed by atoms with Crippen LogP contribution in [0.5, 0.6) is 0 Å². The van der Waals surface area contributed by atoms with Crippen LogP contribution in [-0.2, 0) is 11.3 Å². The van der Waals surface area contributed by atoms with Crippen LogP contribution in [0.1, 0.15) is 18.9 Å². The minimum Gasteiger partial charge on any atom is -0.355 e. The highest BCUT2D eigenvalue weighted by Crippen LogP contribution is 2.18. The van der Waals surface area contributed by atoms with E-state index in [2.05, 4.69) is 27.4 Å². The molecule has 1 aliphatic heterocycles. The second-order valence-corrected chi connectivity index (χ2v) is 6.55. The minimum atomic E-state index is 0.0675. The molecular weight excluding hydrogens is 302 g/mol. The molecule has 0 bridgehead atoms. The van der Waals surface area contributed by atoms with Gasteiger partial charge in [-0.1, -0.05) is 6.92 Å². The molecule has 2 aromatic rings. The first-order valence-corrected chi connectivity index (χ1v) is 8.79. The van der Waals surface area contributed by atoms with E-state index >= 15 is 0 Å². The van der Waals surface area contributed by atoms with Crippen molar-refractivity contribution in [2.45, 2.75) is 32.9 Å². The first-order chi connectivity index (χ1) is 11.7. The van der Waals surface area contributed by atoms with Gasteiger partial charge in [-0.15, -0.1) is 0 Å². The Morgan fingerprint density at radius 2 is 2.25 bits per heavy atom. The summed E-state index contributed by atoms with van der Waals surface area (Å²) in [6.07, 6.45) is 6.64. The van der Waals surface area contributed by atoms with E-state index in [0.717, 1.165) is 55.6 Å². The van der Waals surface area contributed by atoms with Crippen molar-refractivity contribution in [1.82, 2.24) is 25.1 Å². The molecule has 6 heteroatoms. The summed E-state index contributed by atoms with van der Waals surface area (Å²) in [6, 6.07) is 2.62. The van der Waals surface area contributed by atoms with Crippen LogP contribution in [0.15, 0.2) is 24.7 Å². The summed E-state index contributed by atoms with van der Waals surface area (Å²) in [6.45, 7) is 9.64. The topological polar surface area (TPSA) is 62.2 Å². The molecule has 0 atom stereocenters. The third-order valence-corrected chi connectivity index (χ3v) is 4.62. The van der Waals surface area contributed by atoms with Crippen molar-refractivity contribution >= 4 is 16.8 Å². The lowest BCUT2D eigenvalue weighted by Crippen LogP contribution is -2.58. The number of aryl methyl sites for hydroxylation is 1. The highest BCUT2D eigenvalue weighted by molar-refractivity contribution is 5.85. The van der Waals surface area contributed by atoms with Crippen molar-refractivity contribution in [3.8, 4) is 0 Å². The number of pyridine rings is 1. The van der Waals surface area contributed by atoms with Crippen LogP contribution >= 0.6 is 0 Å². The van der Waals surface area contributed by atoms with E-state index in [1.165, 1.54) is 0 Å². The van der Waals surface area contributed by atoms with Gasteiger partial charge in [0.15, 0.2) is 0 Å². The normalized spacial score (nSPS) is 15.6. The van der Waals surface area contributed by atoms with Gasteiger partial charge >= 0.3 is 0 Å². The van der Waals surface area contributed by atoms with Gasteiger partial charge in [-0.3, -0.25) is 9.78 Å². The molecule has 0 saturated carbocycles. The van der Waals surface area contributed by atoms with Crippen LogP contribution in [0.4, 0.5) is 0 Å². The molecule has 0 aromatic carbocycles. The Balaban J connectivity index is 1.38. The highest BCUT2D eigenvalue weighted by Gasteiger charge is 2.24. The third kappa shape index (κ3) is 3.94. The van der Waals surface area contributed by atoms with Gasteiger partial charge in [-0.05, 0) is 38.1 Å². The number of fused-ring (bicyclic) bond motifs is 1. The van der Waals surface area contributed by atoms with Crippen molar-refractivity contribution in [2.24, 2.45) is 0 Å². The van der Waals surface area contributed by atoms with Gasteiger partial charge < -0.3 is 20.1 Å². The van der Waals surface area contributed by atoms with Gasteiger partial charge in [-0.25, -0.2) is 0 Å². The first kappa shape index (κ1) is 16.9. The first-order valence-electron chi connectivity index (χ1n) is 8.79. The maximum absolute atomic E-state index is 12.2. The highest BCUT2D eigenvalue weighted by atomic mass is 16.1. The SMILES string of the molecule is CCNC1CN(CCCNC(=O)Cn2cc(C)c3cnccc32)C1. The van der Waals surface area contributed by atoms with Crippen LogP contribution in [0.3, 0.4) is 0 Å². The van der Waals surface area contributed by atoms with E-state index < -0.39 is 0 Å². The summed E-state index contributed by atoms with van der Waals surface area (Å²) in [5.41, 5.74) is 2.21. The van der Waals surface area contributed by atoms with Crippen molar-refractivity contribution in [3.63, 3.8) is 0 Å². The lowest BCUT2D eigenvalue weighted by molar-refractivity contribution is -0.121. The quantitative estimate of drug-likeness (QED) is 0.713. The second kappa shape index (κ2) is 7.77. The molecular formula is C18H27N5O. The van der Waals surface area contributed by atoms with Gasteiger partial charge in [-0.2, -0.15) is 0 Å². The van der Waals surface area contributed by atoms with Gasteiger partial charge in [0.25, 0.3) is 0 Å². The Morgan fingerprint density at radius 3 is 3.04 bits per heavy atom. The van der Waals surface area contributed by atoms with Crippen molar-refractivity contribution in [3.05, 3.63) is 30.2 Å². The number of rotatable bonds is 8. The van der Waals surface area contributed by atoms with E-state index in [0.29, 0.717) is 12.6 Å². The number of hydrogen-bond acceptors (Lipinski definition) is 4. The van der Waals surface area contributed by atoms with E-state index in [1.54, 1.807) is 6.20 Å². The molecule has 0 radical (unpaired) electrons. The Labute approximate surface area is 143 Å². The summed E-state index contributed by atoms with van der Waals surface area (Å²) in [5, 5.41) is 7.58. The molecule has 2 aromatic heterocycles. The van der Waals surface area contributed by atoms with Gasteiger partial charge in [0.1, 0.15) is 6.54 Å². The van der Waals surface area contributed by atoms with Gasteiger partial charge in [0.2, 0.25) is 5.91 Å². The van der Waals surface area contributed by atoms with Crippen LogP contribution in [0.25, 0.3) is 10.9 Å². The Kier molecular flexibility index (Phi) is 5.48. The zero-order valence-electron chi connectivity index (χ0n) is 14.6. The monoisotopic (exact) mass is 329 g/mol. The van der Waals surface area contributed by atoms with E-state index in [9.17, 15) is 4.79 Å². The largest absolute Gasteiger partial charge is 0.355 e. The Hall–Kier alpha value is -1.92. The van der Waals surface area contributed by atoms with Crippen LogP contribution in [0, 0.1) is 6.92 Å². The van der Waals surface area contributed by atoms with Crippen molar-refractivity contribution in [1.29, 1.82) is 0 Å². The summed E-state index contributed by atoms with van der Waals surface area (Å²) < 4.78 is 2.00. The molecule has 0 aliphatic carbocycles. The Morgan fingerprint density at radius 1 is 1.42 bits per heavy atom. The average Bonchev–Trinajstić information content (AvgIpc) is 2.85. The standard InChI is InChI=1S/C18H27N5O/c1-3-20-15-11-22(12-15)8-4-6-21-18(24)13-23-10-14(2)16-9-19-7-5-17(16)23/h5,7,9-10,15,20H,3-4,6,8,11-13H2,1-2H3,(H,21,24). The Bertz CT molecular complexity index is 690. The van der Waals surface area contributed by atoms with Gasteiger partial charge in [0, 0.05) is 49.7 Å². The predicted molar refractivity (Wildman–Crippen MR) is 96.0 cm³/mol. The molecule has 2 N–H and O–H groups in total. The zero-order chi connectivity index (χ0) is 16.9. The van der Waals surface area contributed by atoms with E-state index in [1.807, 2.05) is 30.0 Å². The molecule has 1 aliphatic rings.